The molecule has 0 saturated carbocycles. The molecule has 2 nitrogen and oxygen atoms in total. The van der Waals surface area contributed by atoms with Gasteiger partial charge in [-0.25, -0.2) is 0 Å². The lowest BCUT2D eigenvalue weighted by molar-refractivity contribution is -0.142. The first kappa shape index (κ1) is 13.5. The number of carbonyl (C=O) groups is 1. The van der Waals surface area contributed by atoms with Crippen molar-refractivity contribution in [3.8, 4) is 0 Å². The van der Waals surface area contributed by atoms with E-state index in [0.717, 1.165) is 0 Å². The van der Waals surface area contributed by atoms with Gasteiger partial charge in [-0.2, -0.15) is 0 Å². The molecule has 0 bridgehead atoms. The number of rotatable bonds is 4. The maximum absolute atomic E-state index is 11.2. The van der Waals surface area contributed by atoms with Gasteiger partial charge in [0.2, 0.25) is 0 Å². The SMILES string of the molecule is CCOC(=O)CC=Cc1c(C)cc(C)cc1C. The lowest BCUT2D eigenvalue weighted by Crippen LogP contribution is -2.01. The highest BCUT2D eigenvalue weighted by Gasteiger charge is 2.01. The van der Waals surface area contributed by atoms with Gasteiger partial charge in [0.05, 0.1) is 13.0 Å². The standard InChI is InChI=1S/C15H20O2/c1-5-17-15(16)8-6-7-14-12(3)9-11(2)10-13(14)4/h6-7,9-10H,5,8H2,1-4H3. The molecule has 1 rings (SSSR count). The second-order valence-electron chi connectivity index (χ2n) is 4.22. The highest BCUT2D eigenvalue weighted by atomic mass is 16.5. The average Bonchev–Trinajstić information content (AvgIpc) is 2.22. The topological polar surface area (TPSA) is 26.3 Å². The Morgan fingerprint density at radius 3 is 2.35 bits per heavy atom. The number of hydrogen-bond acceptors (Lipinski definition) is 2. The van der Waals surface area contributed by atoms with Gasteiger partial charge in [-0.05, 0) is 44.4 Å². The van der Waals surface area contributed by atoms with Gasteiger partial charge >= 0.3 is 5.97 Å². The van der Waals surface area contributed by atoms with Crippen molar-refractivity contribution >= 4 is 12.0 Å². The van der Waals surface area contributed by atoms with E-state index in [2.05, 4.69) is 32.9 Å². The molecule has 1 aromatic rings. The van der Waals surface area contributed by atoms with Crippen molar-refractivity contribution in [2.45, 2.75) is 34.1 Å². The third-order valence-electron chi connectivity index (χ3n) is 2.61. The molecule has 0 saturated heterocycles. The highest BCUT2D eigenvalue weighted by molar-refractivity contribution is 5.73. The summed E-state index contributed by atoms with van der Waals surface area (Å²) in [6, 6.07) is 4.30. The number of hydrogen-bond donors (Lipinski definition) is 0. The van der Waals surface area contributed by atoms with Crippen LogP contribution in [0.4, 0.5) is 0 Å². The zero-order valence-electron chi connectivity index (χ0n) is 11.0. The largest absolute Gasteiger partial charge is 0.466 e. The average molecular weight is 232 g/mol. The molecule has 17 heavy (non-hydrogen) atoms. The lowest BCUT2D eigenvalue weighted by Gasteiger charge is -2.07. The Morgan fingerprint density at radius 2 is 1.82 bits per heavy atom. The molecule has 0 fully saturated rings. The molecular weight excluding hydrogens is 212 g/mol. The summed E-state index contributed by atoms with van der Waals surface area (Å²) in [6.45, 7) is 8.52. The molecule has 0 spiro atoms. The summed E-state index contributed by atoms with van der Waals surface area (Å²) in [5.41, 5.74) is 4.94. The summed E-state index contributed by atoms with van der Waals surface area (Å²) in [5.74, 6) is -0.175. The third-order valence-corrected chi connectivity index (χ3v) is 2.61. The van der Waals surface area contributed by atoms with Gasteiger partial charge in [0, 0.05) is 0 Å². The fourth-order valence-electron chi connectivity index (χ4n) is 1.95. The van der Waals surface area contributed by atoms with E-state index in [4.69, 9.17) is 4.74 Å². The zero-order chi connectivity index (χ0) is 12.8. The molecule has 1 aromatic carbocycles. The Balaban J connectivity index is 2.75. The summed E-state index contributed by atoms with van der Waals surface area (Å²) >= 11 is 0. The zero-order valence-corrected chi connectivity index (χ0v) is 11.0. The van der Waals surface area contributed by atoms with E-state index in [1.807, 2.05) is 19.1 Å². The molecule has 0 heterocycles. The van der Waals surface area contributed by atoms with Crippen LogP contribution in [0, 0.1) is 20.8 Å². The lowest BCUT2D eigenvalue weighted by atomic mass is 9.99. The Hall–Kier alpha value is -1.57. The van der Waals surface area contributed by atoms with Crippen LogP contribution in [0.2, 0.25) is 0 Å². The first-order valence-electron chi connectivity index (χ1n) is 5.94. The van der Waals surface area contributed by atoms with Crippen molar-refractivity contribution in [2.75, 3.05) is 6.61 Å². The molecule has 2 heteroatoms. The second kappa shape index (κ2) is 6.24. The molecule has 0 aromatic heterocycles. The van der Waals surface area contributed by atoms with Gasteiger partial charge in [-0.3, -0.25) is 4.79 Å². The monoisotopic (exact) mass is 232 g/mol. The predicted molar refractivity (Wildman–Crippen MR) is 70.9 cm³/mol. The van der Waals surface area contributed by atoms with E-state index in [9.17, 15) is 4.79 Å². The molecule has 0 N–H and O–H groups in total. The molecule has 0 radical (unpaired) electrons. The molecule has 92 valence electrons. The van der Waals surface area contributed by atoms with Gasteiger partial charge in [0.1, 0.15) is 0 Å². The van der Waals surface area contributed by atoms with Gasteiger partial charge in [-0.1, -0.05) is 29.8 Å². The van der Waals surface area contributed by atoms with E-state index in [1.54, 1.807) is 0 Å². The predicted octanol–water partition coefficient (Wildman–Crippen LogP) is 3.58. The normalized spacial score (nSPS) is 10.8. The maximum Gasteiger partial charge on any atom is 0.309 e. The fraction of sp³-hybridized carbons (Fsp3) is 0.400. The highest BCUT2D eigenvalue weighted by Crippen LogP contribution is 2.18. The van der Waals surface area contributed by atoms with Crippen LogP contribution >= 0.6 is 0 Å². The van der Waals surface area contributed by atoms with Gasteiger partial charge in [-0.15, -0.1) is 0 Å². The minimum Gasteiger partial charge on any atom is -0.466 e. The first-order chi connectivity index (χ1) is 8.04. The van der Waals surface area contributed by atoms with Crippen LogP contribution in [0.1, 0.15) is 35.6 Å². The van der Waals surface area contributed by atoms with Crippen molar-refractivity contribution in [1.29, 1.82) is 0 Å². The van der Waals surface area contributed by atoms with Crippen molar-refractivity contribution < 1.29 is 9.53 Å². The van der Waals surface area contributed by atoms with Crippen LogP contribution in [-0.2, 0) is 9.53 Å². The van der Waals surface area contributed by atoms with E-state index in [0.29, 0.717) is 13.0 Å². The van der Waals surface area contributed by atoms with Gasteiger partial charge in [0.15, 0.2) is 0 Å². The Bertz CT molecular complexity index is 408. The summed E-state index contributed by atoms with van der Waals surface area (Å²) in [7, 11) is 0. The maximum atomic E-state index is 11.2. The van der Waals surface area contributed by atoms with E-state index in [-0.39, 0.29) is 5.97 Å². The van der Waals surface area contributed by atoms with Crippen molar-refractivity contribution in [1.82, 2.24) is 0 Å². The Morgan fingerprint density at radius 1 is 1.24 bits per heavy atom. The molecule has 0 amide bonds. The number of aryl methyl sites for hydroxylation is 3. The fourth-order valence-corrected chi connectivity index (χ4v) is 1.95. The third kappa shape index (κ3) is 4.06. The number of ether oxygens (including phenoxy) is 1. The number of benzene rings is 1. The number of esters is 1. The van der Waals surface area contributed by atoms with Crippen LogP contribution in [0.5, 0.6) is 0 Å². The quantitative estimate of drug-likeness (QED) is 0.742. The van der Waals surface area contributed by atoms with E-state index < -0.39 is 0 Å². The van der Waals surface area contributed by atoms with Crippen LogP contribution in [0.3, 0.4) is 0 Å². The smallest absolute Gasteiger partial charge is 0.309 e. The molecule has 0 aliphatic carbocycles. The first-order valence-corrected chi connectivity index (χ1v) is 5.94. The Kier molecular flexibility index (Phi) is 4.95. The summed E-state index contributed by atoms with van der Waals surface area (Å²) in [5, 5.41) is 0. The summed E-state index contributed by atoms with van der Waals surface area (Å²) in [4.78, 5) is 11.2. The van der Waals surface area contributed by atoms with Gasteiger partial charge in [0.25, 0.3) is 0 Å². The van der Waals surface area contributed by atoms with Crippen molar-refractivity contribution in [3.05, 3.63) is 40.5 Å². The Labute approximate surface area is 103 Å². The van der Waals surface area contributed by atoms with Crippen LogP contribution in [-0.4, -0.2) is 12.6 Å². The molecule has 0 atom stereocenters. The van der Waals surface area contributed by atoms with Crippen molar-refractivity contribution in [3.63, 3.8) is 0 Å². The molecule has 0 aliphatic rings. The van der Waals surface area contributed by atoms with E-state index >= 15 is 0 Å². The second-order valence-corrected chi connectivity index (χ2v) is 4.22. The minimum atomic E-state index is -0.175. The van der Waals surface area contributed by atoms with Crippen LogP contribution in [0.25, 0.3) is 6.08 Å². The van der Waals surface area contributed by atoms with Crippen LogP contribution in [0.15, 0.2) is 18.2 Å². The van der Waals surface area contributed by atoms with Crippen LogP contribution < -0.4 is 0 Å². The molecule has 0 unspecified atom stereocenters. The van der Waals surface area contributed by atoms with Crippen molar-refractivity contribution in [2.24, 2.45) is 0 Å². The minimum absolute atomic E-state index is 0.175. The van der Waals surface area contributed by atoms with Gasteiger partial charge < -0.3 is 4.74 Å². The number of carbonyl (C=O) groups excluding carboxylic acids is 1. The molecular formula is C15H20O2. The summed E-state index contributed by atoms with van der Waals surface area (Å²) in [6.07, 6.45) is 4.20. The molecule has 0 aliphatic heterocycles. The van der Waals surface area contributed by atoms with E-state index in [1.165, 1.54) is 22.3 Å². The summed E-state index contributed by atoms with van der Waals surface area (Å²) < 4.78 is 4.87.